The van der Waals surface area contributed by atoms with Crippen molar-refractivity contribution in [2.45, 2.75) is 45.1 Å². The van der Waals surface area contributed by atoms with Crippen molar-refractivity contribution < 1.29 is 0 Å². The van der Waals surface area contributed by atoms with Crippen molar-refractivity contribution in [1.82, 2.24) is 0 Å². The average Bonchev–Trinajstić information content (AvgIpc) is 2.27. The van der Waals surface area contributed by atoms with Gasteiger partial charge in [-0.05, 0) is 37.0 Å². The molecule has 1 unspecified atom stereocenters. The first-order chi connectivity index (χ1) is 8.28. The zero-order valence-corrected chi connectivity index (χ0v) is 10.4. The highest BCUT2D eigenvalue weighted by atomic mass is 14.9. The van der Waals surface area contributed by atoms with E-state index in [2.05, 4.69) is 30.4 Å². The van der Waals surface area contributed by atoms with Gasteiger partial charge in [-0.2, -0.15) is 5.26 Å². The third-order valence-corrected chi connectivity index (χ3v) is 3.56. The monoisotopic (exact) mass is 228 g/mol. The lowest BCUT2D eigenvalue weighted by Crippen LogP contribution is -2.23. The van der Waals surface area contributed by atoms with E-state index in [1.807, 2.05) is 12.1 Å². The summed E-state index contributed by atoms with van der Waals surface area (Å²) < 4.78 is 0. The minimum atomic E-state index is 0.498. The molecule has 1 aliphatic carbocycles. The van der Waals surface area contributed by atoms with E-state index in [0.29, 0.717) is 12.5 Å². The summed E-state index contributed by atoms with van der Waals surface area (Å²) in [5.74, 6) is 0.940. The maximum atomic E-state index is 8.60. The van der Waals surface area contributed by atoms with Crippen LogP contribution in [0.5, 0.6) is 0 Å². The largest absolute Gasteiger partial charge is 0.383 e. The van der Waals surface area contributed by atoms with Gasteiger partial charge in [-0.1, -0.05) is 31.4 Å². The Morgan fingerprint density at radius 2 is 2.06 bits per heavy atom. The second kappa shape index (κ2) is 5.72. The van der Waals surface area contributed by atoms with Crippen molar-refractivity contribution in [1.29, 1.82) is 5.26 Å². The Bertz CT molecular complexity index is 384. The molecule has 2 heteroatoms. The fraction of sp³-hybridized carbons (Fsp3) is 0.533. The molecule has 1 atom stereocenters. The number of nitrogens with one attached hydrogen (secondary N) is 1. The molecule has 17 heavy (non-hydrogen) atoms. The van der Waals surface area contributed by atoms with Crippen LogP contribution in [-0.4, -0.2) is 6.04 Å². The van der Waals surface area contributed by atoms with Crippen LogP contribution < -0.4 is 5.32 Å². The van der Waals surface area contributed by atoms with Gasteiger partial charge in [-0.15, -0.1) is 0 Å². The molecule has 90 valence electrons. The van der Waals surface area contributed by atoms with Gasteiger partial charge in [0, 0.05) is 11.7 Å². The molecule has 1 fully saturated rings. The van der Waals surface area contributed by atoms with E-state index >= 15 is 0 Å². The van der Waals surface area contributed by atoms with Gasteiger partial charge in [0.2, 0.25) is 0 Å². The molecule has 0 radical (unpaired) electrons. The third kappa shape index (κ3) is 3.49. The highest BCUT2D eigenvalue weighted by Gasteiger charge is 2.19. The lowest BCUT2D eigenvalue weighted by Gasteiger charge is -2.28. The number of rotatable bonds is 5. The lowest BCUT2D eigenvalue weighted by molar-refractivity contribution is 0.286. The Balaban J connectivity index is 1.83. The first-order valence-electron chi connectivity index (χ1n) is 6.50. The van der Waals surface area contributed by atoms with Crippen molar-refractivity contribution in [2.24, 2.45) is 5.92 Å². The summed E-state index contributed by atoms with van der Waals surface area (Å²) in [4.78, 5) is 0. The van der Waals surface area contributed by atoms with Crippen molar-refractivity contribution in [3.05, 3.63) is 29.8 Å². The first-order valence-corrected chi connectivity index (χ1v) is 6.50. The molecule has 2 rings (SSSR count). The number of hydrogen-bond donors (Lipinski definition) is 1. The Labute approximate surface area is 104 Å². The molecule has 1 N–H and O–H groups in total. The van der Waals surface area contributed by atoms with Crippen molar-refractivity contribution >= 4 is 5.69 Å². The lowest BCUT2D eigenvalue weighted by atomic mass is 9.81. The molecule has 0 aliphatic heterocycles. The maximum Gasteiger partial charge on any atom is 0.0669 e. The summed E-state index contributed by atoms with van der Waals surface area (Å²) in [7, 11) is 0. The van der Waals surface area contributed by atoms with Gasteiger partial charge in [0.05, 0.1) is 12.5 Å². The number of nitriles is 1. The molecule has 1 saturated carbocycles. The Kier molecular flexibility index (Phi) is 4.03. The van der Waals surface area contributed by atoms with Gasteiger partial charge in [0.1, 0.15) is 0 Å². The quantitative estimate of drug-likeness (QED) is 0.833. The molecule has 0 bridgehead atoms. The summed E-state index contributed by atoms with van der Waals surface area (Å²) in [6.45, 7) is 2.25. The van der Waals surface area contributed by atoms with Gasteiger partial charge in [0.25, 0.3) is 0 Å². The molecule has 0 amide bonds. The fourth-order valence-electron chi connectivity index (χ4n) is 2.38. The maximum absolute atomic E-state index is 8.60. The van der Waals surface area contributed by atoms with Crippen LogP contribution in [0.1, 0.15) is 38.2 Å². The molecule has 1 aromatic carbocycles. The summed E-state index contributed by atoms with van der Waals surface area (Å²) in [6.07, 6.45) is 6.01. The van der Waals surface area contributed by atoms with Crippen LogP contribution in [0, 0.1) is 17.2 Å². The average molecular weight is 228 g/mol. The van der Waals surface area contributed by atoms with Gasteiger partial charge in [0.15, 0.2) is 0 Å². The minimum Gasteiger partial charge on any atom is -0.383 e. The first kappa shape index (κ1) is 12.0. The van der Waals surface area contributed by atoms with E-state index in [4.69, 9.17) is 5.26 Å². The predicted molar refractivity (Wildman–Crippen MR) is 70.8 cm³/mol. The van der Waals surface area contributed by atoms with Gasteiger partial charge in [-0.25, -0.2) is 0 Å². The minimum absolute atomic E-state index is 0.498. The number of hydrogen-bond acceptors (Lipinski definition) is 2. The van der Waals surface area contributed by atoms with E-state index < -0.39 is 0 Å². The van der Waals surface area contributed by atoms with Gasteiger partial charge in [-0.3, -0.25) is 0 Å². The third-order valence-electron chi connectivity index (χ3n) is 3.56. The van der Waals surface area contributed by atoms with Gasteiger partial charge >= 0.3 is 0 Å². The van der Waals surface area contributed by atoms with Crippen LogP contribution in [0.4, 0.5) is 5.69 Å². The second-order valence-corrected chi connectivity index (χ2v) is 5.11. The summed E-state index contributed by atoms with van der Waals surface area (Å²) >= 11 is 0. The number of nitrogens with zero attached hydrogens (tertiary/aromatic N) is 1. The van der Waals surface area contributed by atoms with Crippen LogP contribution in [-0.2, 0) is 6.42 Å². The zero-order chi connectivity index (χ0) is 12.1. The van der Waals surface area contributed by atoms with Crippen molar-refractivity contribution in [3.8, 4) is 6.07 Å². The standard InChI is InChI=1S/C15H20N2/c1-12(11-14-3-2-4-14)17-15-7-5-13(6-8-15)9-10-16/h5-8,12,14,17H,2-4,9,11H2,1H3. The molecular weight excluding hydrogens is 208 g/mol. The van der Waals surface area contributed by atoms with Crippen molar-refractivity contribution in [3.63, 3.8) is 0 Å². The molecule has 0 spiro atoms. The zero-order valence-electron chi connectivity index (χ0n) is 10.4. The summed E-state index contributed by atoms with van der Waals surface area (Å²) in [5.41, 5.74) is 2.25. The summed E-state index contributed by atoms with van der Waals surface area (Å²) in [6, 6.07) is 10.9. The summed E-state index contributed by atoms with van der Waals surface area (Å²) in [5, 5.41) is 12.1. The number of benzene rings is 1. The van der Waals surface area contributed by atoms with Crippen LogP contribution in [0.15, 0.2) is 24.3 Å². The SMILES string of the molecule is CC(CC1CCC1)Nc1ccc(CC#N)cc1. The topological polar surface area (TPSA) is 35.8 Å². The van der Waals surface area contributed by atoms with Crippen LogP contribution >= 0.6 is 0 Å². The smallest absolute Gasteiger partial charge is 0.0669 e. The molecule has 0 saturated heterocycles. The Morgan fingerprint density at radius 3 is 2.59 bits per heavy atom. The van der Waals surface area contributed by atoms with Crippen molar-refractivity contribution in [2.75, 3.05) is 5.32 Å². The predicted octanol–water partition coefficient (Wildman–Crippen LogP) is 3.74. The normalized spacial score (nSPS) is 16.9. The van der Waals surface area contributed by atoms with Crippen LogP contribution in [0.25, 0.3) is 0 Å². The van der Waals surface area contributed by atoms with E-state index in [1.165, 1.54) is 31.4 Å². The molecular formula is C15H20N2. The Hall–Kier alpha value is -1.49. The molecule has 0 aromatic heterocycles. The van der Waals surface area contributed by atoms with Gasteiger partial charge < -0.3 is 5.32 Å². The van der Waals surface area contributed by atoms with Crippen LogP contribution in [0.3, 0.4) is 0 Å². The van der Waals surface area contributed by atoms with E-state index in [1.54, 1.807) is 0 Å². The Morgan fingerprint density at radius 1 is 1.35 bits per heavy atom. The molecule has 2 nitrogen and oxygen atoms in total. The fourth-order valence-corrected chi connectivity index (χ4v) is 2.38. The molecule has 1 aromatic rings. The second-order valence-electron chi connectivity index (χ2n) is 5.11. The molecule has 1 aliphatic rings. The highest BCUT2D eigenvalue weighted by molar-refractivity contribution is 5.45. The number of anilines is 1. The van der Waals surface area contributed by atoms with E-state index in [-0.39, 0.29) is 0 Å². The van der Waals surface area contributed by atoms with E-state index in [0.717, 1.165) is 11.5 Å². The van der Waals surface area contributed by atoms with Crippen LogP contribution in [0.2, 0.25) is 0 Å². The highest BCUT2D eigenvalue weighted by Crippen LogP contribution is 2.31. The molecule has 0 heterocycles. The van der Waals surface area contributed by atoms with E-state index in [9.17, 15) is 0 Å².